The van der Waals surface area contributed by atoms with Crippen LogP contribution in [0.25, 0.3) is 11.3 Å². The Kier molecular flexibility index (Phi) is 3.87. The van der Waals surface area contributed by atoms with Gasteiger partial charge in [-0.25, -0.2) is 4.98 Å². The van der Waals surface area contributed by atoms with Gasteiger partial charge in [-0.3, -0.25) is 0 Å². The van der Waals surface area contributed by atoms with Crippen molar-refractivity contribution in [2.24, 2.45) is 0 Å². The predicted molar refractivity (Wildman–Crippen MR) is 79.3 cm³/mol. The number of hydrogen-bond acceptors (Lipinski definition) is 4. The van der Waals surface area contributed by atoms with Crippen LogP contribution in [0.4, 0.5) is 0 Å². The van der Waals surface area contributed by atoms with Gasteiger partial charge >= 0.3 is 0 Å². The highest BCUT2D eigenvalue weighted by Gasteiger charge is 2.06. The SMILES string of the molecule is COc1ccc(OCc2ncc(-c3ccccc3)o2)cc1. The first-order valence-electron chi connectivity index (χ1n) is 6.62. The zero-order chi connectivity index (χ0) is 14.5. The second kappa shape index (κ2) is 6.13. The van der Waals surface area contributed by atoms with Crippen LogP contribution >= 0.6 is 0 Å². The first-order valence-corrected chi connectivity index (χ1v) is 6.62. The average molecular weight is 281 g/mol. The van der Waals surface area contributed by atoms with E-state index in [1.807, 2.05) is 54.6 Å². The lowest BCUT2D eigenvalue weighted by atomic mass is 10.2. The van der Waals surface area contributed by atoms with E-state index in [1.54, 1.807) is 13.3 Å². The predicted octanol–water partition coefficient (Wildman–Crippen LogP) is 3.93. The fourth-order valence-corrected chi connectivity index (χ4v) is 1.93. The van der Waals surface area contributed by atoms with E-state index in [1.165, 1.54) is 0 Å². The molecule has 3 aromatic rings. The minimum atomic E-state index is 0.291. The van der Waals surface area contributed by atoms with Crippen LogP contribution in [0.3, 0.4) is 0 Å². The smallest absolute Gasteiger partial charge is 0.232 e. The van der Waals surface area contributed by atoms with Crippen molar-refractivity contribution in [2.45, 2.75) is 6.61 Å². The number of hydrogen-bond donors (Lipinski definition) is 0. The molecule has 0 aliphatic heterocycles. The second-order valence-corrected chi connectivity index (χ2v) is 4.45. The third kappa shape index (κ3) is 3.23. The van der Waals surface area contributed by atoms with Crippen LogP contribution in [-0.4, -0.2) is 12.1 Å². The molecule has 3 rings (SSSR count). The first kappa shape index (κ1) is 13.2. The summed E-state index contributed by atoms with van der Waals surface area (Å²) >= 11 is 0. The monoisotopic (exact) mass is 281 g/mol. The van der Waals surface area contributed by atoms with Crippen LogP contribution < -0.4 is 9.47 Å². The molecule has 106 valence electrons. The van der Waals surface area contributed by atoms with E-state index in [-0.39, 0.29) is 0 Å². The van der Waals surface area contributed by atoms with E-state index < -0.39 is 0 Å². The highest BCUT2D eigenvalue weighted by atomic mass is 16.5. The van der Waals surface area contributed by atoms with Crippen LogP contribution in [0.1, 0.15) is 5.89 Å². The Labute approximate surface area is 123 Å². The van der Waals surface area contributed by atoms with Crippen LogP contribution in [0, 0.1) is 0 Å². The van der Waals surface area contributed by atoms with Crippen molar-refractivity contribution in [3.8, 4) is 22.8 Å². The maximum Gasteiger partial charge on any atom is 0.232 e. The molecule has 0 fully saturated rings. The minimum absolute atomic E-state index is 0.291. The van der Waals surface area contributed by atoms with Gasteiger partial charge in [-0.05, 0) is 24.3 Å². The Hall–Kier alpha value is -2.75. The molecule has 0 saturated heterocycles. The van der Waals surface area contributed by atoms with E-state index >= 15 is 0 Å². The van der Waals surface area contributed by atoms with E-state index in [0.29, 0.717) is 12.5 Å². The fraction of sp³-hybridized carbons (Fsp3) is 0.118. The molecule has 0 bridgehead atoms. The largest absolute Gasteiger partial charge is 0.497 e. The molecule has 0 saturated carbocycles. The number of nitrogens with zero attached hydrogens (tertiary/aromatic N) is 1. The Balaban J connectivity index is 1.64. The van der Waals surface area contributed by atoms with Gasteiger partial charge in [0.05, 0.1) is 13.3 Å². The van der Waals surface area contributed by atoms with Crippen molar-refractivity contribution in [3.63, 3.8) is 0 Å². The number of ether oxygens (including phenoxy) is 2. The third-order valence-electron chi connectivity index (χ3n) is 3.03. The molecule has 0 aliphatic rings. The number of oxazole rings is 1. The van der Waals surface area contributed by atoms with Gasteiger partial charge in [0.15, 0.2) is 12.4 Å². The van der Waals surface area contributed by atoms with E-state index in [2.05, 4.69) is 4.98 Å². The first-order chi connectivity index (χ1) is 10.3. The molecule has 4 heteroatoms. The maximum absolute atomic E-state index is 5.68. The molecule has 21 heavy (non-hydrogen) atoms. The molecule has 0 N–H and O–H groups in total. The lowest BCUT2D eigenvalue weighted by Crippen LogP contribution is -1.95. The summed E-state index contributed by atoms with van der Waals surface area (Å²) in [6, 6.07) is 17.2. The van der Waals surface area contributed by atoms with Gasteiger partial charge in [-0.15, -0.1) is 0 Å². The van der Waals surface area contributed by atoms with Gasteiger partial charge in [-0.1, -0.05) is 30.3 Å². The lowest BCUT2D eigenvalue weighted by Gasteiger charge is -2.04. The topological polar surface area (TPSA) is 44.5 Å². The number of methoxy groups -OCH3 is 1. The molecule has 0 aliphatic carbocycles. The summed E-state index contributed by atoms with van der Waals surface area (Å²) < 4.78 is 16.4. The summed E-state index contributed by atoms with van der Waals surface area (Å²) in [5.74, 6) is 2.83. The molecule has 1 aromatic heterocycles. The zero-order valence-corrected chi connectivity index (χ0v) is 11.7. The van der Waals surface area contributed by atoms with Crippen LogP contribution in [0.15, 0.2) is 65.2 Å². The maximum atomic E-state index is 5.68. The van der Waals surface area contributed by atoms with E-state index in [9.17, 15) is 0 Å². The van der Waals surface area contributed by atoms with E-state index in [0.717, 1.165) is 22.8 Å². The highest BCUT2D eigenvalue weighted by molar-refractivity contribution is 5.55. The van der Waals surface area contributed by atoms with Crippen LogP contribution in [-0.2, 0) is 6.61 Å². The molecule has 0 unspecified atom stereocenters. The number of aromatic nitrogens is 1. The third-order valence-corrected chi connectivity index (χ3v) is 3.03. The van der Waals surface area contributed by atoms with Crippen molar-refractivity contribution < 1.29 is 13.9 Å². The van der Waals surface area contributed by atoms with Gasteiger partial charge < -0.3 is 13.9 Å². The molecule has 0 amide bonds. The molecular weight excluding hydrogens is 266 g/mol. The molecule has 0 radical (unpaired) electrons. The van der Waals surface area contributed by atoms with E-state index in [4.69, 9.17) is 13.9 Å². The second-order valence-electron chi connectivity index (χ2n) is 4.45. The summed E-state index contributed by atoms with van der Waals surface area (Å²) in [7, 11) is 1.63. The number of rotatable bonds is 5. The molecule has 1 heterocycles. The highest BCUT2D eigenvalue weighted by Crippen LogP contribution is 2.21. The van der Waals surface area contributed by atoms with Crippen molar-refractivity contribution in [3.05, 3.63) is 66.7 Å². The van der Waals surface area contributed by atoms with Gasteiger partial charge in [0, 0.05) is 5.56 Å². The normalized spacial score (nSPS) is 10.3. The van der Waals surface area contributed by atoms with Gasteiger partial charge in [-0.2, -0.15) is 0 Å². The average Bonchev–Trinajstić information content (AvgIpc) is 3.03. The lowest BCUT2D eigenvalue weighted by molar-refractivity contribution is 0.264. The molecule has 2 aromatic carbocycles. The van der Waals surface area contributed by atoms with Crippen molar-refractivity contribution >= 4 is 0 Å². The number of benzene rings is 2. The van der Waals surface area contributed by atoms with Crippen molar-refractivity contribution in [1.29, 1.82) is 0 Å². The Morgan fingerprint density at radius 2 is 1.67 bits per heavy atom. The summed E-state index contributed by atoms with van der Waals surface area (Å²) in [6.07, 6.45) is 1.71. The van der Waals surface area contributed by atoms with Gasteiger partial charge in [0.1, 0.15) is 11.5 Å². The summed E-state index contributed by atoms with van der Waals surface area (Å²) in [5.41, 5.74) is 1.00. The summed E-state index contributed by atoms with van der Waals surface area (Å²) in [6.45, 7) is 0.291. The van der Waals surface area contributed by atoms with Crippen LogP contribution in [0.2, 0.25) is 0 Å². The summed E-state index contributed by atoms with van der Waals surface area (Å²) in [5, 5.41) is 0. The van der Waals surface area contributed by atoms with Crippen molar-refractivity contribution in [2.75, 3.05) is 7.11 Å². The fourth-order valence-electron chi connectivity index (χ4n) is 1.93. The standard InChI is InChI=1S/C17H15NO3/c1-19-14-7-9-15(10-8-14)20-12-17-18-11-16(21-17)13-5-3-2-4-6-13/h2-11H,12H2,1H3. The minimum Gasteiger partial charge on any atom is -0.497 e. The summed E-state index contributed by atoms with van der Waals surface area (Å²) in [4.78, 5) is 4.23. The molecule has 0 atom stereocenters. The van der Waals surface area contributed by atoms with Crippen molar-refractivity contribution in [1.82, 2.24) is 4.98 Å². The molecule has 0 spiro atoms. The quantitative estimate of drug-likeness (QED) is 0.710. The Bertz CT molecular complexity index is 690. The van der Waals surface area contributed by atoms with Gasteiger partial charge in [0.25, 0.3) is 0 Å². The Morgan fingerprint density at radius 3 is 2.38 bits per heavy atom. The molecular formula is C17H15NO3. The molecule has 4 nitrogen and oxygen atoms in total. The Morgan fingerprint density at radius 1 is 0.952 bits per heavy atom. The van der Waals surface area contributed by atoms with Gasteiger partial charge in [0.2, 0.25) is 5.89 Å². The zero-order valence-electron chi connectivity index (χ0n) is 11.7. The van der Waals surface area contributed by atoms with Crippen LogP contribution in [0.5, 0.6) is 11.5 Å².